The molecule has 0 amide bonds. The minimum absolute atomic E-state index is 0.297. The van der Waals surface area contributed by atoms with E-state index in [1.165, 1.54) is 0 Å². The van der Waals surface area contributed by atoms with Gasteiger partial charge in [0.15, 0.2) is 6.10 Å². The van der Waals surface area contributed by atoms with Gasteiger partial charge in [-0.3, -0.25) is 0 Å². The van der Waals surface area contributed by atoms with E-state index in [0.29, 0.717) is 12.3 Å². The normalized spacial score (nSPS) is 15.9. The number of aliphatic hydroxyl groups is 1. The van der Waals surface area contributed by atoms with E-state index < -0.39 is 12.1 Å². The second-order valence-corrected chi connectivity index (χ2v) is 2.98. The first-order valence-electron chi connectivity index (χ1n) is 3.98. The zero-order valence-electron chi connectivity index (χ0n) is 7.08. The van der Waals surface area contributed by atoms with Crippen LogP contribution in [0.2, 0.25) is 0 Å². The third kappa shape index (κ3) is 4.79. The lowest BCUT2D eigenvalue weighted by Crippen LogP contribution is -2.21. The minimum atomic E-state index is -1.18. The summed E-state index contributed by atoms with van der Waals surface area (Å²) in [6.07, 6.45) is 1.19. The van der Waals surface area contributed by atoms with Crippen LogP contribution in [0.3, 0.4) is 0 Å². The monoisotopic (exact) mass is 160 g/mol. The second-order valence-electron chi connectivity index (χ2n) is 2.98. The van der Waals surface area contributed by atoms with Crippen LogP contribution in [0, 0.1) is 5.92 Å². The minimum Gasteiger partial charge on any atom is -0.479 e. The van der Waals surface area contributed by atoms with E-state index in [1.807, 2.05) is 13.8 Å². The third-order valence-corrected chi connectivity index (χ3v) is 1.69. The van der Waals surface area contributed by atoms with Crippen LogP contribution in [0.15, 0.2) is 0 Å². The SMILES string of the molecule is CCC[C@H](C)C[C@H](O)C(=O)O. The Balaban J connectivity index is 3.56. The molecule has 66 valence electrons. The molecular weight excluding hydrogens is 144 g/mol. The quantitative estimate of drug-likeness (QED) is 0.636. The van der Waals surface area contributed by atoms with Gasteiger partial charge in [-0.2, -0.15) is 0 Å². The molecule has 0 rings (SSSR count). The molecule has 3 heteroatoms. The topological polar surface area (TPSA) is 57.5 Å². The zero-order chi connectivity index (χ0) is 8.85. The number of hydrogen-bond acceptors (Lipinski definition) is 2. The highest BCUT2D eigenvalue weighted by Gasteiger charge is 2.15. The number of hydrogen-bond donors (Lipinski definition) is 2. The first-order chi connectivity index (χ1) is 5.07. The van der Waals surface area contributed by atoms with Gasteiger partial charge in [-0.15, -0.1) is 0 Å². The Kier molecular flexibility index (Phi) is 4.86. The summed E-state index contributed by atoms with van der Waals surface area (Å²) >= 11 is 0. The molecule has 11 heavy (non-hydrogen) atoms. The molecular formula is C8H16O3. The van der Waals surface area contributed by atoms with Gasteiger partial charge in [-0.25, -0.2) is 4.79 Å². The number of aliphatic hydroxyl groups excluding tert-OH is 1. The summed E-state index contributed by atoms with van der Waals surface area (Å²) in [4.78, 5) is 10.2. The van der Waals surface area contributed by atoms with Gasteiger partial charge in [-0.1, -0.05) is 26.7 Å². The van der Waals surface area contributed by atoms with Crippen molar-refractivity contribution in [1.29, 1.82) is 0 Å². The van der Waals surface area contributed by atoms with Crippen molar-refractivity contribution >= 4 is 5.97 Å². The Morgan fingerprint density at radius 3 is 2.45 bits per heavy atom. The molecule has 0 bridgehead atoms. The molecule has 0 aromatic rings. The predicted octanol–water partition coefficient (Wildman–Crippen LogP) is 1.26. The number of carboxylic acid groups (broad SMARTS) is 1. The lowest BCUT2D eigenvalue weighted by atomic mass is 9.99. The molecule has 0 spiro atoms. The lowest BCUT2D eigenvalue weighted by molar-refractivity contribution is -0.147. The van der Waals surface area contributed by atoms with Crippen molar-refractivity contribution in [3.8, 4) is 0 Å². The third-order valence-electron chi connectivity index (χ3n) is 1.69. The molecule has 0 aliphatic heterocycles. The maximum atomic E-state index is 10.2. The Labute approximate surface area is 67.0 Å². The molecule has 0 unspecified atom stereocenters. The molecule has 0 heterocycles. The van der Waals surface area contributed by atoms with Gasteiger partial charge in [0.2, 0.25) is 0 Å². The summed E-state index contributed by atoms with van der Waals surface area (Å²) in [6.45, 7) is 4.00. The van der Waals surface area contributed by atoms with E-state index in [2.05, 4.69) is 0 Å². The number of aliphatic carboxylic acids is 1. The molecule has 0 aliphatic carbocycles. The molecule has 0 saturated carbocycles. The van der Waals surface area contributed by atoms with Crippen LogP contribution in [0.5, 0.6) is 0 Å². The highest BCUT2D eigenvalue weighted by atomic mass is 16.4. The lowest BCUT2D eigenvalue weighted by Gasteiger charge is -2.11. The second kappa shape index (κ2) is 5.13. The Hall–Kier alpha value is -0.570. The standard InChI is InChI=1S/C8H16O3/c1-3-4-6(2)5-7(9)8(10)11/h6-7,9H,3-5H2,1-2H3,(H,10,11)/t6-,7-/m0/s1. The maximum absolute atomic E-state index is 10.2. The summed E-state index contributed by atoms with van der Waals surface area (Å²) in [5, 5.41) is 17.3. The van der Waals surface area contributed by atoms with Crippen LogP contribution < -0.4 is 0 Å². The summed E-state index contributed by atoms with van der Waals surface area (Å²) in [7, 11) is 0. The van der Waals surface area contributed by atoms with Crippen LogP contribution in [-0.2, 0) is 4.79 Å². The summed E-state index contributed by atoms with van der Waals surface area (Å²) in [5.74, 6) is -0.820. The van der Waals surface area contributed by atoms with Crippen LogP contribution >= 0.6 is 0 Å². The maximum Gasteiger partial charge on any atom is 0.332 e. The van der Waals surface area contributed by atoms with E-state index >= 15 is 0 Å². The van der Waals surface area contributed by atoms with Crippen LogP contribution in [-0.4, -0.2) is 22.3 Å². The van der Waals surface area contributed by atoms with Crippen molar-refractivity contribution in [3.05, 3.63) is 0 Å². The first-order valence-corrected chi connectivity index (χ1v) is 3.98. The number of carboxylic acids is 1. The van der Waals surface area contributed by atoms with Crippen molar-refractivity contribution in [2.75, 3.05) is 0 Å². The molecule has 0 saturated heterocycles. The van der Waals surface area contributed by atoms with Crippen molar-refractivity contribution in [2.45, 2.75) is 39.2 Å². The van der Waals surface area contributed by atoms with E-state index in [9.17, 15) is 4.79 Å². The molecule has 0 fully saturated rings. The van der Waals surface area contributed by atoms with Crippen molar-refractivity contribution < 1.29 is 15.0 Å². The van der Waals surface area contributed by atoms with Gasteiger partial charge in [0.25, 0.3) is 0 Å². The Morgan fingerprint density at radius 2 is 2.09 bits per heavy atom. The fourth-order valence-electron chi connectivity index (χ4n) is 1.09. The molecule has 0 aliphatic rings. The average Bonchev–Trinajstić information content (AvgIpc) is 1.87. The average molecular weight is 160 g/mol. The van der Waals surface area contributed by atoms with Crippen LogP contribution in [0.1, 0.15) is 33.1 Å². The van der Waals surface area contributed by atoms with E-state index in [1.54, 1.807) is 0 Å². The predicted molar refractivity (Wildman–Crippen MR) is 42.3 cm³/mol. The molecule has 0 radical (unpaired) electrons. The summed E-state index contributed by atoms with van der Waals surface area (Å²) in [5.41, 5.74) is 0. The fraction of sp³-hybridized carbons (Fsp3) is 0.875. The zero-order valence-corrected chi connectivity index (χ0v) is 7.08. The Morgan fingerprint density at radius 1 is 1.55 bits per heavy atom. The van der Waals surface area contributed by atoms with E-state index in [0.717, 1.165) is 12.8 Å². The molecule has 2 atom stereocenters. The van der Waals surface area contributed by atoms with Gasteiger partial charge in [-0.05, 0) is 12.3 Å². The van der Waals surface area contributed by atoms with E-state index in [-0.39, 0.29) is 0 Å². The first kappa shape index (κ1) is 10.4. The molecule has 0 aromatic heterocycles. The molecule has 2 N–H and O–H groups in total. The van der Waals surface area contributed by atoms with Crippen molar-refractivity contribution in [3.63, 3.8) is 0 Å². The highest BCUT2D eigenvalue weighted by molar-refractivity contribution is 5.71. The van der Waals surface area contributed by atoms with Gasteiger partial charge in [0, 0.05) is 0 Å². The molecule has 3 nitrogen and oxygen atoms in total. The van der Waals surface area contributed by atoms with E-state index in [4.69, 9.17) is 10.2 Å². The van der Waals surface area contributed by atoms with Crippen molar-refractivity contribution in [2.24, 2.45) is 5.92 Å². The van der Waals surface area contributed by atoms with Crippen LogP contribution in [0.25, 0.3) is 0 Å². The number of rotatable bonds is 5. The van der Waals surface area contributed by atoms with Gasteiger partial charge < -0.3 is 10.2 Å². The highest BCUT2D eigenvalue weighted by Crippen LogP contribution is 2.12. The van der Waals surface area contributed by atoms with Crippen molar-refractivity contribution in [1.82, 2.24) is 0 Å². The fourth-order valence-corrected chi connectivity index (χ4v) is 1.09. The molecule has 0 aromatic carbocycles. The van der Waals surface area contributed by atoms with Gasteiger partial charge >= 0.3 is 5.97 Å². The summed E-state index contributed by atoms with van der Waals surface area (Å²) in [6, 6.07) is 0. The van der Waals surface area contributed by atoms with Crippen LogP contribution in [0.4, 0.5) is 0 Å². The largest absolute Gasteiger partial charge is 0.479 e. The summed E-state index contributed by atoms with van der Waals surface area (Å²) < 4.78 is 0. The van der Waals surface area contributed by atoms with Gasteiger partial charge in [0.05, 0.1) is 0 Å². The number of carbonyl (C=O) groups is 1. The van der Waals surface area contributed by atoms with Gasteiger partial charge in [0.1, 0.15) is 0 Å². The Bertz CT molecular complexity index is 123. The smallest absolute Gasteiger partial charge is 0.332 e.